The van der Waals surface area contributed by atoms with Crippen molar-refractivity contribution in [2.75, 3.05) is 13.1 Å². The van der Waals surface area contributed by atoms with Gasteiger partial charge in [-0.3, -0.25) is 4.79 Å². The van der Waals surface area contributed by atoms with Crippen molar-refractivity contribution in [1.29, 1.82) is 10.9 Å². The Labute approximate surface area is 182 Å². The van der Waals surface area contributed by atoms with Crippen molar-refractivity contribution in [2.24, 2.45) is 11.0 Å². The van der Waals surface area contributed by atoms with Gasteiger partial charge in [0.05, 0.1) is 0 Å². The molecule has 0 saturated carbocycles. The SMILES string of the molecule is N=CC(N=N)c1ccc2c(ccn2CC2CCN(C(=O)CCc3ccccc3)CC2)c1. The number of aryl methyl sites for hydroxylation is 1. The fraction of sp³-hybridized carbons (Fsp3) is 0.360. The zero-order valence-electron chi connectivity index (χ0n) is 17.7. The summed E-state index contributed by atoms with van der Waals surface area (Å²) in [4.78, 5) is 14.6. The number of likely N-dealkylation sites (tertiary alicyclic amines) is 1. The summed E-state index contributed by atoms with van der Waals surface area (Å²) < 4.78 is 2.29. The monoisotopic (exact) mass is 415 g/mol. The molecule has 1 atom stereocenters. The van der Waals surface area contributed by atoms with E-state index in [1.54, 1.807) is 0 Å². The summed E-state index contributed by atoms with van der Waals surface area (Å²) in [5.74, 6) is 0.827. The number of carbonyl (C=O) groups excluding carboxylic acids is 1. The average molecular weight is 416 g/mol. The standard InChI is InChI=1S/C25H29N5O/c26-17-23(28-27)21-7-8-24-22(16-21)12-15-30(24)18-20-10-13-29(14-11-20)25(31)9-6-19-4-2-1-3-5-19/h1-5,7-8,12,15-17,20,23,26-27H,6,9-11,13-14,18H2. The molecular formula is C25H29N5O. The highest BCUT2D eigenvalue weighted by molar-refractivity contribution is 5.82. The molecule has 1 saturated heterocycles. The van der Waals surface area contributed by atoms with Crippen molar-refractivity contribution in [3.05, 3.63) is 71.9 Å². The van der Waals surface area contributed by atoms with Gasteiger partial charge in [-0.05, 0) is 59.9 Å². The van der Waals surface area contributed by atoms with Crippen molar-refractivity contribution in [2.45, 2.75) is 38.3 Å². The highest BCUT2D eigenvalue weighted by Gasteiger charge is 2.23. The van der Waals surface area contributed by atoms with Crippen LogP contribution in [0, 0.1) is 16.9 Å². The number of nitrogens with zero attached hydrogens (tertiary/aromatic N) is 3. The van der Waals surface area contributed by atoms with Crippen LogP contribution in [0.2, 0.25) is 0 Å². The quantitative estimate of drug-likeness (QED) is 0.383. The molecule has 0 radical (unpaired) electrons. The number of carbonyl (C=O) groups is 1. The van der Waals surface area contributed by atoms with Crippen molar-refractivity contribution < 1.29 is 4.79 Å². The van der Waals surface area contributed by atoms with Crippen LogP contribution >= 0.6 is 0 Å². The van der Waals surface area contributed by atoms with Gasteiger partial charge in [0.1, 0.15) is 6.04 Å². The molecule has 6 nitrogen and oxygen atoms in total. The van der Waals surface area contributed by atoms with E-state index in [0.717, 1.165) is 49.8 Å². The number of hydrogen-bond donors (Lipinski definition) is 2. The minimum atomic E-state index is -0.503. The van der Waals surface area contributed by atoms with Gasteiger partial charge in [-0.2, -0.15) is 5.11 Å². The topological polar surface area (TPSA) is 85.3 Å². The molecule has 0 spiro atoms. The molecule has 1 fully saturated rings. The number of benzene rings is 2. The van der Waals surface area contributed by atoms with Gasteiger partial charge in [-0.15, -0.1) is 0 Å². The van der Waals surface area contributed by atoms with E-state index < -0.39 is 6.04 Å². The molecule has 1 aliphatic rings. The van der Waals surface area contributed by atoms with Gasteiger partial charge in [0, 0.05) is 44.0 Å². The lowest BCUT2D eigenvalue weighted by Crippen LogP contribution is -2.39. The van der Waals surface area contributed by atoms with Crippen molar-refractivity contribution >= 4 is 23.0 Å². The summed E-state index contributed by atoms with van der Waals surface area (Å²) in [6, 6.07) is 17.8. The lowest BCUT2D eigenvalue weighted by molar-refractivity contribution is -0.132. The molecule has 4 rings (SSSR count). The highest BCUT2D eigenvalue weighted by Crippen LogP contribution is 2.26. The number of fused-ring (bicyclic) bond motifs is 1. The molecule has 2 aromatic carbocycles. The zero-order chi connectivity index (χ0) is 21.6. The predicted octanol–water partition coefficient (Wildman–Crippen LogP) is 5.23. The first kappa shape index (κ1) is 21.0. The molecule has 1 unspecified atom stereocenters. The van der Waals surface area contributed by atoms with Gasteiger partial charge in [-0.1, -0.05) is 36.4 Å². The lowest BCUT2D eigenvalue weighted by Gasteiger charge is -2.32. The van der Waals surface area contributed by atoms with Crippen LogP contribution in [0.1, 0.15) is 36.4 Å². The number of nitrogens with one attached hydrogen (secondary N) is 2. The number of piperidine rings is 1. The maximum absolute atomic E-state index is 12.6. The number of rotatable bonds is 8. The average Bonchev–Trinajstić information content (AvgIpc) is 3.21. The zero-order valence-corrected chi connectivity index (χ0v) is 17.7. The molecule has 1 amide bonds. The largest absolute Gasteiger partial charge is 0.347 e. The van der Waals surface area contributed by atoms with E-state index in [4.69, 9.17) is 10.9 Å². The second-order valence-corrected chi connectivity index (χ2v) is 8.34. The van der Waals surface area contributed by atoms with Gasteiger partial charge in [-0.25, -0.2) is 5.53 Å². The molecule has 3 aromatic rings. The molecule has 0 bridgehead atoms. The molecule has 2 heterocycles. The van der Waals surface area contributed by atoms with Crippen LogP contribution in [0.3, 0.4) is 0 Å². The molecule has 160 valence electrons. The molecule has 1 aliphatic heterocycles. The van der Waals surface area contributed by atoms with E-state index in [2.05, 4.69) is 40.1 Å². The fourth-order valence-electron chi connectivity index (χ4n) is 4.47. The summed E-state index contributed by atoms with van der Waals surface area (Å²) in [7, 11) is 0. The van der Waals surface area contributed by atoms with Crippen molar-refractivity contribution in [1.82, 2.24) is 9.47 Å². The van der Waals surface area contributed by atoms with Crippen LogP contribution in [0.25, 0.3) is 10.9 Å². The predicted molar refractivity (Wildman–Crippen MR) is 123 cm³/mol. The summed E-state index contributed by atoms with van der Waals surface area (Å²) in [5, 5.41) is 12.0. The van der Waals surface area contributed by atoms with Gasteiger partial charge in [0.15, 0.2) is 0 Å². The maximum atomic E-state index is 12.6. The number of hydrogen-bond acceptors (Lipinski definition) is 4. The van der Waals surface area contributed by atoms with E-state index in [1.165, 1.54) is 17.3 Å². The maximum Gasteiger partial charge on any atom is 0.222 e. The Kier molecular flexibility index (Phi) is 6.55. The van der Waals surface area contributed by atoms with Gasteiger partial charge in [0.25, 0.3) is 0 Å². The van der Waals surface area contributed by atoms with E-state index in [-0.39, 0.29) is 5.91 Å². The van der Waals surface area contributed by atoms with Crippen molar-refractivity contribution in [3.63, 3.8) is 0 Å². The third-order valence-corrected chi connectivity index (χ3v) is 6.33. The Morgan fingerprint density at radius 3 is 2.61 bits per heavy atom. The van der Waals surface area contributed by atoms with Gasteiger partial charge in [0.2, 0.25) is 5.91 Å². The Morgan fingerprint density at radius 2 is 1.90 bits per heavy atom. The first-order chi connectivity index (χ1) is 15.2. The van der Waals surface area contributed by atoms with E-state index in [9.17, 15) is 4.79 Å². The number of aromatic nitrogens is 1. The van der Waals surface area contributed by atoms with Crippen LogP contribution in [-0.4, -0.2) is 34.7 Å². The molecule has 1 aromatic heterocycles. The summed E-state index contributed by atoms with van der Waals surface area (Å²) in [6.45, 7) is 2.63. The Hall–Kier alpha value is -3.28. The molecule has 6 heteroatoms. The van der Waals surface area contributed by atoms with Crippen LogP contribution in [-0.2, 0) is 17.8 Å². The minimum Gasteiger partial charge on any atom is -0.347 e. The Bertz CT molecular complexity index is 1040. The minimum absolute atomic E-state index is 0.266. The second kappa shape index (κ2) is 9.69. The normalized spacial score (nSPS) is 15.7. The number of amides is 1. The summed E-state index contributed by atoms with van der Waals surface area (Å²) in [6.07, 6.45) is 6.76. The Balaban J connectivity index is 1.31. The smallest absolute Gasteiger partial charge is 0.222 e. The Morgan fingerprint density at radius 1 is 1.13 bits per heavy atom. The van der Waals surface area contributed by atoms with Gasteiger partial charge >= 0.3 is 0 Å². The molecular weight excluding hydrogens is 386 g/mol. The van der Waals surface area contributed by atoms with Crippen LogP contribution in [0.15, 0.2) is 65.9 Å². The van der Waals surface area contributed by atoms with Gasteiger partial charge < -0.3 is 14.9 Å². The third kappa shape index (κ3) is 4.90. The molecule has 31 heavy (non-hydrogen) atoms. The summed E-state index contributed by atoms with van der Waals surface area (Å²) >= 11 is 0. The molecule has 0 aliphatic carbocycles. The van der Waals surface area contributed by atoms with E-state index in [0.29, 0.717) is 12.3 Å². The third-order valence-electron chi connectivity index (χ3n) is 6.33. The first-order valence-corrected chi connectivity index (χ1v) is 11.0. The van der Waals surface area contributed by atoms with Crippen LogP contribution in [0.5, 0.6) is 0 Å². The van der Waals surface area contributed by atoms with Crippen molar-refractivity contribution in [3.8, 4) is 0 Å². The fourth-order valence-corrected chi connectivity index (χ4v) is 4.47. The highest BCUT2D eigenvalue weighted by atomic mass is 16.2. The van der Waals surface area contributed by atoms with Crippen LogP contribution < -0.4 is 0 Å². The van der Waals surface area contributed by atoms with E-state index >= 15 is 0 Å². The summed E-state index contributed by atoms with van der Waals surface area (Å²) in [5.41, 5.74) is 10.5. The second-order valence-electron chi connectivity index (χ2n) is 8.34. The molecule has 2 N–H and O–H groups in total. The lowest BCUT2D eigenvalue weighted by atomic mass is 9.96. The van der Waals surface area contributed by atoms with Crippen LogP contribution in [0.4, 0.5) is 0 Å². The van der Waals surface area contributed by atoms with E-state index in [1.807, 2.05) is 35.2 Å². The first-order valence-electron chi connectivity index (χ1n) is 11.0.